The molecule has 3 aromatic rings. The quantitative estimate of drug-likeness (QED) is 0.363. The van der Waals surface area contributed by atoms with E-state index in [9.17, 15) is 0 Å². The molecule has 0 spiro atoms. The number of allylic oxidation sites excluding steroid dienone is 1. The molecule has 158 valence electrons. The van der Waals surface area contributed by atoms with Crippen molar-refractivity contribution in [3.63, 3.8) is 0 Å². The summed E-state index contributed by atoms with van der Waals surface area (Å²) in [4.78, 5) is 2.21. The van der Waals surface area contributed by atoms with Crippen molar-refractivity contribution in [2.24, 2.45) is 0 Å². The molecule has 6 heteroatoms. The normalized spacial score (nSPS) is 11.4. The summed E-state index contributed by atoms with van der Waals surface area (Å²) in [5.74, 6) is 3.64. The average molecular weight is 424 g/mol. The van der Waals surface area contributed by atoms with E-state index in [-0.39, 0.29) is 0 Å². The lowest BCUT2D eigenvalue weighted by Crippen LogP contribution is -2.12. The summed E-state index contributed by atoms with van der Waals surface area (Å²) in [7, 11) is 4.20. The highest BCUT2D eigenvalue weighted by atomic mass is 32.2. The Balaban J connectivity index is 1.40. The lowest BCUT2D eigenvalue weighted by molar-refractivity contribution is 0.344. The van der Waals surface area contributed by atoms with Crippen molar-refractivity contribution < 1.29 is 9.15 Å². The predicted molar refractivity (Wildman–Crippen MR) is 125 cm³/mol. The molecular formula is C24H29N3O2S. The SMILES string of the molecule is CN(C)CCC/C=C/c1ccc(-c2nnc(CSCCOc3ccccc3)o2)cc1. The largest absolute Gasteiger partial charge is 0.493 e. The number of aromatic nitrogens is 2. The maximum Gasteiger partial charge on any atom is 0.247 e. The topological polar surface area (TPSA) is 51.4 Å². The molecule has 0 aliphatic heterocycles. The molecule has 3 rings (SSSR count). The second-order valence-corrected chi connectivity index (χ2v) is 8.29. The zero-order valence-electron chi connectivity index (χ0n) is 17.7. The summed E-state index contributed by atoms with van der Waals surface area (Å²) in [5, 5.41) is 8.34. The minimum atomic E-state index is 0.563. The van der Waals surface area contributed by atoms with Gasteiger partial charge in [0.25, 0.3) is 0 Å². The Morgan fingerprint density at radius 1 is 1.03 bits per heavy atom. The minimum Gasteiger partial charge on any atom is -0.493 e. The van der Waals surface area contributed by atoms with Gasteiger partial charge >= 0.3 is 0 Å². The van der Waals surface area contributed by atoms with Crippen molar-refractivity contribution >= 4 is 17.8 Å². The lowest BCUT2D eigenvalue weighted by Gasteiger charge is -2.06. The van der Waals surface area contributed by atoms with Gasteiger partial charge in [0.15, 0.2) is 0 Å². The van der Waals surface area contributed by atoms with Crippen LogP contribution in [0.15, 0.2) is 65.1 Å². The van der Waals surface area contributed by atoms with E-state index in [0.29, 0.717) is 24.1 Å². The van der Waals surface area contributed by atoms with Gasteiger partial charge in [-0.1, -0.05) is 42.5 Å². The van der Waals surface area contributed by atoms with Gasteiger partial charge in [-0.3, -0.25) is 0 Å². The molecule has 0 bridgehead atoms. The van der Waals surface area contributed by atoms with E-state index in [0.717, 1.165) is 30.0 Å². The highest BCUT2D eigenvalue weighted by molar-refractivity contribution is 7.98. The van der Waals surface area contributed by atoms with Crippen molar-refractivity contribution in [2.75, 3.05) is 33.0 Å². The van der Waals surface area contributed by atoms with Gasteiger partial charge in [-0.25, -0.2) is 0 Å². The third kappa shape index (κ3) is 7.69. The van der Waals surface area contributed by atoms with Crippen LogP contribution in [0.1, 0.15) is 24.3 Å². The summed E-state index contributed by atoms with van der Waals surface area (Å²) in [5.41, 5.74) is 2.12. The van der Waals surface area contributed by atoms with Crippen LogP contribution in [0.5, 0.6) is 5.75 Å². The Labute approximate surface area is 183 Å². The number of benzene rings is 2. The molecule has 0 amide bonds. The lowest BCUT2D eigenvalue weighted by atomic mass is 10.1. The number of nitrogens with zero attached hydrogens (tertiary/aromatic N) is 3. The third-order valence-corrected chi connectivity index (χ3v) is 5.28. The van der Waals surface area contributed by atoms with Crippen LogP contribution in [0.3, 0.4) is 0 Å². The average Bonchev–Trinajstić information content (AvgIpc) is 3.23. The summed E-state index contributed by atoms with van der Waals surface area (Å²) >= 11 is 1.72. The number of hydrogen-bond acceptors (Lipinski definition) is 6. The monoisotopic (exact) mass is 423 g/mol. The first-order chi connectivity index (χ1) is 14.7. The van der Waals surface area contributed by atoms with Crippen LogP contribution in [0.25, 0.3) is 17.5 Å². The van der Waals surface area contributed by atoms with E-state index in [1.807, 2.05) is 42.5 Å². The summed E-state index contributed by atoms with van der Waals surface area (Å²) in [6.45, 7) is 1.76. The molecule has 0 radical (unpaired) electrons. The van der Waals surface area contributed by atoms with E-state index in [4.69, 9.17) is 9.15 Å². The Bertz CT molecular complexity index is 892. The van der Waals surface area contributed by atoms with E-state index in [1.165, 1.54) is 12.0 Å². The van der Waals surface area contributed by atoms with Crippen LogP contribution in [0.4, 0.5) is 0 Å². The molecule has 0 unspecified atom stereocenters. The van der Waals surface area contributed by atoms with Crippen LogP contribution in [-0.2, 0) is 5.75 Å². The summed E-state index contributed by atoms with van der Waals surface area (Å²) < 4.78 is 11.5. The molecule has 0 N–H and O–H groups in total. The second-order valence-electron chi connectivity index (χ2n) is 7.18. The van der Waals surface area contributed by atoms with E-state index < -0.39 is 0 Å². The summed E-state index contributed by atoms with van der Waals surface area (Å²) in [6.07, 6.45) is 6.64. The van der Waals surface area contributed by atoms with Gasteiger partial charge in [-0.2, -0.15) is 0 Å². The zero-order chi connectivity index (χ0) is 21.0. The molecule has 0 aliphatic rings. The number of rotatable bonds is 12. The zero-order valence-corrected chi connectivity index (χ0v) is 18.5. The van der Waals surface area contributed by atoms with Crippen molar-refractivity contribution in [1.82, 2.24) is 15.1 Å². The Hall–Kier alpha value is -2.57. The predicted octanol–water partition coefficient (Wildman–Crippen LogP) is 5.40. The molecule has 0 saturated heterocycles. The van der Waals surface area contributed by atoms with Gasteiger partial charge in [-0.05, 0) is 63.3 Å². The first-order valence-electron chi connectivity index (χ1n) is 10.2. The Morgan fingerprint density at radius 2 is 1.83 bits per heavy atom. The van der Waals surface area contributed by atoms with Crippen LogP contribution < -0.4 is 4.74 Å². The van der Waals surface area contributed by atoms with Crippen molar-refractivity contribution in [1.29, 1.82) is 0 Å². The molecule has 0 atom stereocenters. The van der Waals surface area contributed by atoms with Gasteiger partial charge in [0.2, 0.25) is 11.8 Å². The second kappa shape index (κ2) is 12.2. The molecule has 30 heavy (non-hydrogen) atoms. The van der Waals surface area contributed by atoms with Gasteiger partial charge in [0.1, 0.15) is 5.75 Å². The van der Waals surface area contributed by atoms with Crippen LogP contribution >= 0.6 is 11.8 Å². The standard InChI is InChI=1S/C24H29N3O2S/c1-27(2)16-8-4-5-9-20-12-14-21(15-13-20)24-26-25-23(29-24)19-30-18-17-28-22-10-6-3-7-11-22/h3,5-7,9-15H,4,8,16-19H2,1-2H3/b9-5+. The number of para-hydroxylation sites is 1. The molecule has 0 fully saturated rings. The van der Waals surface area contributed by atoms with Crippen molar-refractivity contribution in [3.05, 3.63) is 72.1 Å². The fourth-order valence-electron chi connectivity index (χ4n) is 2.80. The smallest absolute Gasteiger partial charge is 0.247 e. The fourth-order valence-corrected chi connectivity index (χ4v) is 3.44. The molecular weight excluding hydrogens is 394 g/mol. The number of ether oxygens (including phenoxy) is 1. The maximum absolute atomic E-state index is 5.80. The molecule has 0 saturated carbocycles. The van der Waals surface area contributed by atoms with Crippen LogP contribution in [0.2, 0.25) is 0 Å². The molecule has 2 aromatic carbocycles. The fraction of sp³-hybridized carbons (Fsp3) is 0.333. The van der Waals surface area contributed by atoms with Crippen molar-refractivity contribution in [3.8, 4) is 17.2 Å². The number of unbranched alkanes of at least 4 members (excludes halogenated alkanes) is 1. The minimum absolute atomic E-state index is 0.563. The number of hydrogen-bond donors (Lipinski definition) is 0. The van der Waals surface area contributed by atoms with E-state index in [1.54, 1.807) is 11.8 Å². The van der Waals surface area contributed by atoms with Gasteiger partial charge < -0.3 is 14.1 Å². The molecule has 0 aliphatic carbocycles. The third-order valence-electron chi connectivity index (χ3n) is 4.38. The van der Waals surface area contributed by atoms with Crippen LogP contribution in [0, 0.1) is 0 Å². The molecule has 1 aromatic heterocycles. The van der Waals surface area contributed by atoms with Gasteiger partial charge in [0.05, 0.1) is 12.4 Å². The Morgan fingerprint density at radius 3 is 2.60 bits per heavy atom. The first kappa shape index (κ1) is 22.1. The van der Waals surface area contributed by atoms with Gasteiger partial charge in [0, 0.05) is 11.3 Å². The van der Waals surface area contributed by atoms with Gasteiger partial charge in [-0.15, -0.1) is 22.0 Å². The summed E-state index contributed by atoms with van der Waals surface area (Å²) in [6, 6.07) is 18.1. The molecule has 5 nitrogen and oxygen atoms in total. The van der Waals surface area contributed by atoms with E-state index in [2.05, 4.69) is 53.5 Å². The van der Waals surface area contributed by atoms with Crippen molar-refractivity contribution in [2.45, 2.75) is 18.6 Å². The number of thioether (sulfide) groups is 1. The highest BCUT2D eigenvalue weighted by Crippen LogP contribution is 2.21. The molecule has 1 heterocycles. The maximum atomic E-state index is 5.80. The van der Waals surface area contributed by atoms with Crippen LogP contribution in [-0.4, -0.2) is 48.1 Å². The Kier molecular flexibility index (Phi) is 9.00. The first-order valence-corrected chi connectivity index (χ1v) is 11.4. The van der Waals surface area contributed by atoms with E-state index >= 15 is 0 Å². The highest BCUT2D eigenvalue weighted by Gasteiger charge is 2.08.